The van der Waals surface area contributed by atoms with Gasteiger partial charge in [0.1, 0.15) is 0 Å². The molecule has 0 unspecified atom stereocenters. The zero-order valence-corrected chi connectivity index (χ0v) is 17.2. The van der Waals surface area contributed by atoms with Crippen molar-refractivity contribution in [3.8, 4) is 23.1 Å². The van der Waals surface area contributed by atoms with Gasteiger partial charge >= 0.3 is 0 Å². The Balaban J connectivity index is 2.14. The first-order valence-electron chi connectivity index (χ1n) is 9.00. The van der Waals surface area contributed by atoms with E-state index in [1.54, 1.807) is 0 Å². The molecule has 0 bridgehead atoms. The molecular weight excluding hydrogens is 352 g/mol. The van der Waals surface area contributed by atoms with Crippen LogP contribution >= 0.6 is 11.8 Å². The largest absolute Gasteiger partial charge is 0.270 e. The van der Waals surface area contributed by atoms with Gasteiger partial charge in [-0.1, -0.05) is 75.0 Å². The molecule has 0 aliphatic rings. The fourth-order valence-corrected chi connectivity index (χ4v) is 3.62. The minimum Gasteiger partial charge on any atom is -0.270 e. The molecule has 0 radical (unpaired) electrons. The van der Waals surface area contributed by atoms with Gasteiger partial charge in [0.15, 0.2) is 11.0 Å². The molecule has 27 heavy (non-hydrogen) atoms. The summed E-state index contributed by atoms with van der Waals surface area (Å²) in [5.74, 6) is 0.789. The van der Waals surface area contributed by atoms with E-state index in [2.05, 4.69) is 84.9 Å². The molecule has 3 rings (SSSR count). The van der Waals surface area contributed by atoms with Crippen LogP contribution in [0.25, 0.3) is 17.1 Å². The second kappa shape index (κ2) is 7.58. The van der Waals surface area contributed by atoms with Crippen LogP contribution in [0, 0.1) is 18.3 Å². The fraction of sp³-hybridized carbons (Fsp3) is 0.318. The molecule has 1 atom stereocenters. The van der Waals surface area contributed by atoms with Crippen LogP contribution in [0.2, 0.25) is 0 Å². The molecule has 0 saturated carbocycles. The van der Waals surface area contributed by atoms with E-state index in [9.17, 15) is 5.26 Å². The number of benzene rings is 2. The topological polar surface area (TPSA) is 54.5 Å². The van der Waals surface area contributed by atoms with Gasteiger partial charge in [-0.25, -0.2) is 0 Å². The molecule has 0 spiro atoms. The Kier molecular flexibility index (Phi) is 5.38. The van der Waals surface area contributed by atoms with Crippen LogP contribution in [-0.4, -0.2) is 20.0 Å². The van der Waals surface area contributed by atoms with Crippen molar-refractivity contribution in [1.82, 2.24) is 14.8 Å². The standard InChI is InChI=1S/C22H24N4S/c1-15-8-6-7-9-19(15)26-20(24-25-21(26)27-16(2)14-23)17-10-12-18(13-11-17)22(3,4)5/h6-13,16H,1-5H3/t16-/m1/s1. The second-order valence-corrected chi connectivity index (χ2v) is 8.95. The summed E-state index contributed by atoms with van der Waals surface area (Å²) >= 11 is 1.42. The molecule has 5 heteroatoms. The lowest BCUT2D eigenvalue weighted by Gasteiger charge is -2.19. The fourth-order valence-electron chi connectivity index (χ4n) is 2.87. The normalized spacial score (nSPS) is 12.6. The average Bonchev–Trinajstić information content (AvgIpc) is 3.04. The first-order valence-corrected chi connectivity index (χ1v) is 9.88. The van der Waals surface area contributed by atoms with E-state index in [1.807, 2.05) is 19.1 Å². The number of hydrogen-bond acceptors (Lipinski definition) is 4. The third-order valence-electron chi connectivity index (χ3n) is 4.46. The van der Waals surface area contributed by atoms with Gasteiger partial charge in [-0.15, -0.1) is 10.2 Å². The van der Waals surface area contributed by atoms with E-state index in [0.717, 1.165) is 27.8 Å². The number of para-hydroxylation sites is 1. The third kappa shape index (κ3) is 4.06. The Morgan fingerprint density at radius 2 is 1.70 bits per heavy atom. The number of nitriles is 1. The maximum Gasteiger partial charge on any atom is 0.197 e. The molecule has 0 amide bonds. The van der Waals surface area contributed by atoms with Gasteiger partial charge in [-0.3, -0.25) is 4.57 Å². The summed E-state index contributed by atoms with van der Waals surface area (Å²) in [6, 6.07) is 18.9. The summed E-state index contributed by atoms with van der Waals surface area (Å²) < 4.78 is 2.06. The van der Waals surface area contributed by atoms with Crippen molar-refractivity contribution in [2.45, 2.75) is 50.4 Å². The molecule has 0 saturated heterocycles. The van der Waals surface area contributed by atoms with Gasteiger partial charge in [0.05, 0.1) is 17.0 Å². The summed E-state index contributed by atoms with van der Waals surface area (Å²) in [7, 11) is 0. The van der Waals surface area contributed by atoms with Crippen molar-refractivity contribution < 1.29 is 0 Å². The number of hydrogen-bond donors (Lipinski definition) is 0. The van der Waals surface area contributed by atoms with Gasteiger partial charge < -0.3 is 0 Å². The van der Waals surface area contributed by atoms with Crippen LogP contribution in [0.15, 0.2) is 53.7 Å². The van der Waals surface area contributed by atoms with E-state index >= 15 is 0 Å². The molecule has 3 aromatic rings. The average molecular weight is 377 g/mol. The van der Waals surface area contributed by atoms with E-state index in [1.165, 1.54) is 17.3 Å². The van der Waals surface area contributed by atoms with E-state index in [0.29, 0.717) is 0 Å². The number of rotatable bonds is 4. The van der Waals surface area contributed by atoms with Crippen LogP contribution in [0.1, 0.15) is 38.8 Å². The Hall–Kier alpha value is -2.58. The predicted octanol–water partition coefficient (Wildman–Crippen LogP) is 5.54. The summed E-state index contributed by atoms with van der Waals surface area (Å²) in [5, 5.41) is 18.6. The van der Waals surface area contributed by atoms with Crippen LogP contribution < -0.4 is 0 Å². The summed E-state index contributed by atoms with van der Waals surface area (Å²) in [6.45, 7) is 10.6. The third-order valence-corrected chi connectivity index (χ3v) is 5.40. The van der Waals surface area contributed by atoms with E-state index < -0.39 is 0 Å². The monoisotopic (exact) mass is 376 g/mol. The lowest BCUT2D eigenvalue weighted by Crippen LogP contribution is -2.10. The highest BCUT2D eigenvalue weighted by Crippen LogP contribution is 2.32. The highest BCUT2D eigenvalue weighted by Gasteiger charge is 2.20. The minimum atomic E-state index is -0.201. The van der Waals surface area contributed by atoms with Crippen LogP contribution in [-0.2, 0) is 5.41 Å². The van der Waals surface area contributed by atoms with Crippen LogP contribution in [0.4, 0.5) is 0 Å². The quantitative estimate of drug-likeness (QED) is 0.561. The molecule has 0 N–H and O–H groups in total. The molecule has 0 aliphatic heterocycles. The van der Waals surface area contributed by atoms with Crippen molar-refractivity contribution in [2.75, 3.05) is 0 Å². The molecule has 0 fully saturated rings. The van der Waals surface area contributed by atoms with Gasteiger partial charge in [0.2, 0.25) is 0 Å². The highest BCUT2D eigenvalue weighted by molar-refractivity contribution is 8.00. The maximum atomic E-state index is 9.21. The van der Waals surface area contributed by atoms with Crippen LogP contribution in [0.5, 0.6) is 0 Å². The number of nitrogens with zero attached hydrogens (tertiary/aromatic N) is 4. The molecule has 2 aromatic carbocycles. The lowest BCUT2D eigenvalue weighted by atomic mass is 9.87. The number of aromatic nitrogens is 3. The van der Waals surface area contributed by atoms with Crippen molar-refractivity contribution in [2.24, 2.45) is 0 Å². The Bertz CT molecular complexity index is 975. The van der Waals surface area contributed by atoms with E-state index in [-0.39, 0.29) is 10.7 Å². The molecule has 0 aliphatic carbocycles. The minimum absolute atomic E-state index is 0.103. The zero-order valence-electron chi connectivity index (χ0n) is 16.4. The number of aryl methyl sites for hydroxylation is 1. The Labute approximate surface area is 165 Å². The van der Waals surface area contributed by atoms with Gasteiger partial charge in [0.25, 0.3) is 0 Å². The summed E-state index contributed by atoms with van der Waals surface area (Å²) in [4.78, 5) is 0. The molecule has 1 heterocycles. The molecule has 4 nitrogen and oxygen atoms in total. The SMILES string of the molecule is Cc1ccccc1-n1c(S[C@H](C)C#N)nnc1-c1ccc(C(C)(C)C)cc1. The lowest BCUT2D eigenvalue weighted by molar-refractivity contribution is 0.590. The predicted molar refractivity (Wildman–Crippen MR) is 111 cm³/mol. The zero-order chi connectivity index (χ0) is 19.6. The molecular formula is C22H24N4S. The Morgan fingerprint density at radius 1 is 1.04 bits per heavy atom. The van der Waals surface area contributed by atoms with Crippen molar-refractivity contribution in [3.05, 3.63) is 59.7 Å². The van der Waals surface area contributed by atoms with Crippen molar-refractivity contribution in [1.29, 1.82) is 5.26 Å². The molecule has 1 aromatic heterocycles. The van der Waals surface area contributed by atoms with Crippen molar-refractivity contribution >= 4 is 11.8 Å². The van der Waals surface area contributed by atoms with Crippen LogP contribution in [0.3, 0.4) is 0 Å². The Morgan fingerprint density at radius 3 is 2.30 bits per heavy atom. The van der Waals surface area contributed by atoms with Gasteiger partial charge in [0, 0.05) is 5.56 Å². The first-order chi connectivity index (χ1) is 12.8. The maximum absolute atomic E-state index is 9.21. The smallest absolute Gasteiger partial charge is 0.197 e. The first kappa shape index (κ1) is 19.2. The van der Waals surface area contributed by atoms with E-state index in [4.69, 9.17) is 0 Å². The van der Waals surface area contributed by atoms with Gasteiger partial charge in [-0.2, -0.15) is 5.26 Å². The number of thioether (sulfide) groups is 1. The summed E-state index contributed by atoms with van der Waals surface area (Å²) in [5.41, 5.74) is 4.56. The van der Waals surface area contributed by atoms with Gasteiger partial charge in [-0.05, 0) is 36.5 Å². The second-order valence-electron chi connectivity index (χ2n) is 7.64. The molecule has 138 valence electrons. The summed E-state index contributed by atoms with van der Waals surface area (Å²) in [6.07, 6.45) is 0. The highest BCUT2D eigenvalue weighted by atomic mass is 32.2. The van der Waals surface area contributed by atoms with Crippen molar-refractivity contribution in [3.63, 3.8) is 0 Å².